The molecule has 0 radical (unpaired) electrons. The SMILES string of the molecule is COC(=O)[C@H](O)Cc1cccc2ccccc12. The van der Waals surface area contributed by atoms with Crippen molar-refractivity contribution in [1.82, 2.24) is 0 Å². The number of aliphatic hydroxyl groups is 1. The van der Waals surface area contributed by atoms with Gasteiger partial charge in [0.15, 0.2) is 6.10 Å². The number of aliphatic hydroxyl groups excluding tert-OH is 1. The number of carbonyl (C=O) groups excluding carboxylic acids is 1. The molecule has 0 fully saturated rings. The molecular weight excluding hydrogens is 216 g/mol. The summed E-state index contributed by atoms with van der Waals surface area (Å²) in [4.78, 5) is 11.2. The van der Waals surface area contributed by atoms with E-state index >= 15 is 0 Å². The van der Waals surface area contributed by atoms with Gasteiger partial charge in [-0.2, -0.15) is 0 Å². The van der Waals surface area contributed by atoms with Crippen LogP contribution in [0.5, 0.6) is 0 Å². The van der Waals surface area contributed by atoms with Gasteiger partial charge in [0.25, 0.3) is 0 Å². The van der Waals surface area contributed by atoms with E-state index < -0.39 is 12.1 Å². The topological polar surface area (TPSA) is 46.5 Å². The van der Waals surface area contributed by atoms with Gasteiger partial charge in [-0.3, -0.25) is 0 Å². The molecule has 0 saturated carbocycles. The Morgan fingerprint density at radius 3 is 2.71 bits per heavy atom. The van der Waals surface area contributed by atoms with Gasteiger partial charge in [0.1, 0.15) is 0 Å². The highest BCUT2D eigenvalue weighted by Crippen LogP contribution is 2.19. The molecule has 0 spiro atoms. The summed E-state index contributed by atoms with van der Waals surface area (Å²) in [5.74, 6) is -0.599. The summed E-state index contributed by atoms with van der Waals surface area (Å²) < 4.78 is 4.51. The van der Waals surface area contributed by atoms with E-state index in [0.717, 1.165) is 16.3 Å². The molecule has 3 nitrogen and oxygen atoms in total. The van der Waals surface area contributed by atoms with Crippen molar-refractivity contribution in [3.05, 3.63) is 48.0 Å². The van der Waals surface area contributed by atoms with Gasteiger partial charge in [-0.25, -0.2) is 4.79 Å². The molecule has 3 heteroatoms. The van der Waals surface area contributed by atoms with Crippen LogP contribution >= 0.6 is 0 Å². The maximum Gasteiger partial charge on any atom is 0.335 e. The largest absolute Gasteiger partial charge is 0.467 e. The zero-order valence-electron chi connectivity index (χ0n) is 9.59. The summed E-state index contributed by atoms with van der Waals surface area (Å²) in [5.41, 5.74) is 0.945. The molecule has 0 aromatic heterocycles. The van der Waals surface area contributed by atoms with Crippen molar-refractivity contribution in [1.29, 1.82) is 0 Å². The Morgan fingerprint density at radius 1 is 1.24 bits per heavy atom. The van der Waals surface area contributed by atoms with Crippen molar-refractivity contribution in [2.24, 2.45) is 0 Å². The van der Waals surface area contributed by atoms with Crippen LogP contribution in [0.4, 0.5) is 0 Å². The van der Waals surface area contributed by atoms with Crippen LogP contribution < -0.4 is 0 Å². The first-order chi connectivity index (χ1) is 8.22. The average Bonchev–Trinajstić information content (AvgIpc) is 2.38. The highest BCUT2D eigenvalue weighted by Gasteiger charge is 2.16. The van der Waals surface area contributed by atoms with Crippen LogP contribution in [-0.2, 0) is 16.0 Å². The van der Waals surface area contributed by atoms with Crippen LogP contribution in [0.25, 0.3) is 10.8 Å². The second kappa shape index (κ2) is 4.97. The van der Waals surface area contributed by atoms with E-state index in [1.807, 2.05) is 42.5 Å². The predicted octanol–water partition coefficient (Wildman–Crippen LogP) is 1.92. The van der Waals surface area contributed by atoms with E-state index in [-0.39, 0.29) is 6.42 Å². The predicted molar refractivity (Wildman–Crippen MR) is 65.7 cm³/mol. The number of methoxy groups -OCH3 is 1. The summed E-state index contributed by atoms with van der Waals surface area (Å²) in [6.45, 7) is 0. The van der Waals surface area contributed by atoms with Gasteiger partial charge >= 0.3 is 5.97 Å². The van der Waals surface area contributed by atoms with Crippen molar-refractivity contribution in [2.75, 3.05) is 7.11 Å². The van der Waals surface area contributed by atoms with Crippen molar-refractivity contribution >= 4 is 16.7 Å². The Balaban J connectivity index is 2.33. The summed E-state index contributed by atoms with van der Waals surface area (Å²) >= 11 is 0. The Kier molecular flexibility index (Phi) is 3.40. The quantitative estimate of drug-likeness (QED) is 0.819. The van der Waals surface area contributed by atoms with Crippen molar-refractivity contribution in [3.63, 3.8) is 0 Å². The fourth-order valence-corrected chi connectivity index (χ4v) is 1.90. The number of ether oxygens (including phenoxy) is 1. The Bertz CT molecular complexity index is 528. The third-order valence-corrected chi connectivity index (χ3v) is 2.77. The molecule has 88 valence electrons. The molecule has 0 saturated heterocycles. The summed E-state index contributed by atoms with van der Waals surface area (Å²) in [6.07, 6.45) is -0.834. The minimum Gasteiger partial charge on any atom is -0.467 e. The molecule has 0 unspecified atom stereocenters. The van der Waals surface area contributed by atoms with Crippen molar-refractivity contribution < 1.29 is 14.6 Å². The number of carbonyl (C=O) groups is 1. The van der Waals surface area contributed by atoms with Crippen molar-refractivity contribution in [3.8, 4) is 0 Å². The number of benzene rings is 2. The highest BCUT2D eigenvalue weighted by atomic mass is 16.5. The van der Waals surface area contributed by atoms with Gasteiger partial charge in [0.2, 0.25) is 0 Å². The molecule has 17 heavy (non-hydrogen) atoms. The first-order valence-corrected chi connectivity index (χ1v) is 5.45. The Labute approximate surface area is 99.6 Å². The summed E-state index contributed by atoms with van der Waals surface area (Å²) in [6, 6.07) is 13.7. The zero-order chi connectivity index (χ0) is 12.3. The number of fused-ring (bicyclic) bond motifs is 1. The summed E-state index contributed by atoms with van der Waals surface area (Å²) in [7, 11) is 1.27. The number of rotatable bonds is 3. The minimum absolute atomic E-state index is 0.272. The number of hydrogen-bond acceptors (Lipinski definition) is 3. The normalized spacial score (nSPS) is 12.4. The van der Waals surface area contributed by atoms with Gasteiger partial charge < -0.3 is 9.84 Å². The molecular formula is C14H14O3. The second-order valence-electron chi connectivity index (χ2n) is 3.88. The zero-order valence-corrected chi connectivity index (χ0v) is 9.59. The highest BCUT2D eigenvalue weighted by molar-refractivity contribution is 5.86. The van der Waals surface area contributed by atoms with Gasteiger partial charge in [0.05, 0.1) is 7.11 Å². The molecule has 0 amide bonds. The number of esters is 1. The molecule has 0 bridgehead atoms. The lowest BCUT2D eigenvalue weighted by Crippen LogP contribution is -2.24. The smallest absolute Gasteiger partial charge is 0.335 e. The molecule has 0 aliphatic rings. The van der Waals surface area contributed by atoms with Crippen LogP contribution in [0.15, 0.2) is 42.5 Å². The van der Waals surface area contributed by atoms with Gasteiger partial charge in [0, 0.05) is 6.42 Å². The number of hydrogen-bond donors (Lipinski definition) is 1. The molecule has 2 aromatic carbocycles. The fourth-order valence-electron chi connectivity index (χ4n) is 1.90. The van der Waals surface area contributed by atoms with E-state index in [2.05, 4.69) is 4.74 Å². The molecule has 2 aromatic rings. The third-order valence-electron chi connectivity index (χ3n) is 2.77. The summed E-state index contributed by atoms with van der Waals surface area (Å²) in [5, 5.41) is 11.8. The van der Waals surface area contributed by atoms with E-state index in [0.29, 0.717) is 0 Å². The minimum atomic E-state index is -1.11. The Morgan fingerprint density at radius 2 is 1.94 bits per heavy atom. The van der Waals surface area contributed by atoms with Gasteiger partial charge in [-0.1, -0.05) is 42.5 Å². The van der Waals surface area contributed by atoms with Crippen LogP contribution in [0.1, 0.15) is 5.56 Å². The second-order valence-corrected chi connectivity index (χ2v) is 3.88. The first kappa shape index (κ1) is 11.6. The molecule has 0 aliphatic carbocycles. The van der Waals surface area contributed by atoms with E-state index in [9.17, 15) is 9.90 Å². The van der Waals surface area contributed by atoms with E-state index in [1.54, 1.807) is 0 Å². The van der Waals surface area contributed by atoms with E-state index in [1.165, 1.54) is 7.11 Å². The van der Waals surface area contributed by atoms with Gasteiger partial charge in [-0.15, -0.1) is 0 Å². The molecule has 0 aliphatic heterocycles. The van der Waals surface area contributed by atoms with Crippen LogP contribution in [0.2, 0.25) is 0 Å². The van der Waals surface area contributed by atoms with Crippen LogP contribution in [0.3, 0.4) is 0 Å². The maximum absolute atomic E-state index is 11.2. The third kappa shape index (κ3) is 2.45. The Hall–Kier alpha value is -1.87. The molecule has 0 heterocycles. The molecule has 1 N–H and O–H groups in total. The molecule has 2 rings (SSSR count). The van der Waals surface area contributed by atoms with E-state index in [4.69, 9.17) is 0 Å². The first-order valence-electron chi connectivity index (χ1n) is 5.45. The lowest BCUT2D eigenvalue weighted by Gasteiger charge is -2.10. The average molecular weight is 230 g/mol. The van der Waals surface area contributed by atoms with Crippen molar-refractivity contribution in [2.45, 2.75) is 12.5 Å². The monoisotopic (exact) mass is 230 g/mol. The maximum atomic E-state index is 11.2. The lowest BCUT2D eigenvalue weighted by atomic mass is 10.00. The van der Waals surface area contributed by atoms with Crippen LogP contribution in [0, 0.1) is 0 Å². The van der Waals surface area contributed by atoms with Gasteiger partial charge in [-0.05, 0) is 16.3 Å². The van der Waals surface area contributed by atoms with Crippen LogP contribution in [-0.4, -0.2) is 24.3 Å². The molecule has 1 atom stereocenters. The lowest BCUT2D eigenvalue weighted by molar-refractivity contribution is -0.150. The fraction of sp³-hybridized carbons (Fsp3) is 0.214. The standard InChI is InChI=1S/C14H14O3/c1-17-14(16)13(15)9-11-7-4-6-10-5-2-3-8-12(10)11/h2-8,13,15H,9H2,1H3/t13-/m1/s1.